The molecule has 1 aromatic heterocycles. The summed E-state index contributed by atoms with van der Waals surface area (Å²) in [6.45, 7) is 5.76. The fourth-order valence-corrected chi connectivity index (χ4v) is 3.87. The first kappa shape index (κ1) is 16.7. The molecule has 24 heavy (non-hydrogen) atoms. The normalized spacial score (nSPS) is 21.5. The average molecular weight is 347 g/mol. The highest BCUT2D eigenvalue weighted by Crippen LogP contribution is 2.23. The topological polar surface area (TPSA) is 71.5 Å². The van der Waals surface area contributed by atoms with Gasteiger partial charge in [0, 0.05) is 36.9 Å². The number of hydrogen-bond donors (Lipinski definition) is 1. The van der Waals surface area contributed by atoms with Gasteiger partial charge in [-0.3, -0.25) is 9.71 Å². The van der Waals surface area contributed by atoms with Gasteiger partial charge in [-0.05, 0) is 50.2 Å². The van der Waals surface area contributed by atoms with Gasteiger partial charge < -0.3 is 9.64 Å². The molecule has 7 heteroatoms. The van der Waals surface area contributed by atoms with E-state index in [1.165, 1.54) is 18.5 Å². The Kier molecular flexibility index (Phi) is 4.73. The van der Waals surface area contributed by atoms with Crippen LogP contribution >= 0.6 is 0 Å². The van der Waals surface area contributed by atoms with E-state index in [-0.39, 0.29) is 17.1 Å². The van der Waals surface area contributed by atoms with E-state index in [0.29, 0.717) is 5.69 Å². The summed E-state index contributed by atoms with van der Waals surface area (Å²) in [4.78, 5) is 6.24. The molecule has 128 valence electrons. The highest BCUT2D eigenvalue weighted by Gasteiger charge is 2.22. The Bertz CT molecular complexity index is 768. The molecule has 0 bridgehead atoms. The number of rotatable bonds is 4. The number of pyridine rings is 1. The largest absolute Gasteiger partial charge is 0.372 e. The van der Waals surface area contributed by atoms with Gasteiger partial charge in [0.05, 0.1) is 12.2 Å². The molecule has 1 aliphatic rings. The van der Waals surface area contributed by atoms with Crippen LogP contribution in [0.1, 0.15) is 13.8 Å². The molecule has 1 saturated heterocycles. The van der Waals surface area contributed by atoms with Crippen molar-refractivity contribution < 1.29 is 13.2 Å². The Labute approximate surface area is 142 Å². The van der Waals surface area contributed by atoms with Crippen LogP contribution in [0.2, 0.25) is 0 Å². The summed E-state index contributed by atoms with van der Waals surface area (Å²) in [7, 11) is -3.61. The molecule has 1 aliphatic heterocycles. The zero-order valence-electron chi connectivity index (χ0n) is 13.7. The minimum Gasteiger partial charge on any atom is -0.372 e. The van der Waals surface area contributed by atoms with Crippen molar-refractivity contribution in [3.8, 4) is 0 Å². The van der Waals surface area contributed by atoms with Crippen LogP contribution in [0, 0.1) is 0 Å². The lowest BCUT2D eigenvalue weighted by molar-refractivity contribution is -0.00521. The Balaban J connectivity index is 1.73. The predicted molar refractivity (Wildman–Crippen MR) is 93.7 cm³/mol. The van der Waals surface area contributed by atoms with Crippen LogP contribution in [-0.2, 0) is 14.8 Å². The standard InChI is InChI=1S/C17H21N3O3S/c1-13-11-20(12-14(2)23-13)16-7-5-15(6-8-16)19-24(21,22)17-4-3-9-18-10-17/h3-10,13-14,19H,11-12H2,1-2H3/t13-,14-/m0/s1. The van der Waals surface area contributed by atoms with Gasteiger partial charge in [0.2, 0.25) is 0 Å². The zero-order valence-corrected chi connectivity index (χ0v) is 14.5. The minimum atomic E-state index is -3.61. The molecule has 6 nitrogen and oxygen atoms in total. The molecule has 1 aromatic carbocycles. The van der Waals surface area contributed by atoms with E-state index in [0.717, 1.165) is 18.8 Å². The molecule has 0 radical (unpaired) electrons. The maximum absolute atomic E-state index is 12.3. The van der Waals surface area contributed by atoms with Gasteiger partial charge in [-0.2, -0.15) is 0 Å². The van der Waals surface area contributed by atoms with Crippen molar-refractivity contribution in [3.05, 3.63) is 48.8 Å². The van der Waals surface area contributed by atoms with E-state index >= 15 is 0 Å². The number of morpholine rings is 1. The number of aromatic nitrogens is 1. The quantitative estimate of drug-likeness (QED) is 0.920. The van der Waals surface area contributed by atoms with Crippen LogP contribution in [0.15, 0.2) is 53.7 Å². The fraction of sp³-hybridized carbons (Fsp3) is 0.353. The van der Waals surface area contributed by atoms with Crippen molar-refractivity contribution in [2.24, 2.45) is 0 Å². The third-order valence-corrected chi connectivity index (χ3v) is 5.22. The van der Waals surface area contributed by atoms with Crippen LogP contribution < -0.4 is 9.62 Å². The van der Waals surface area contributed by atoms with Gasteiger partial charge in [-0.15, -0.1) is 0 Å². The second-order valence-electron chi connectivity index (χ2n) is 6.00. The number of nitrogens with zero attached hydrogens (tertiary/aromatic N) is 2. The minimum absolute atomic E-state index is 0.143. The second-order valence-corrected chi connectivity index (χ2v) is 7.69. The number of ether oxygens (including phenoxy) is 1. The van der Waals surface area contributed by atoms with Gasteiger partial charge in [0.15, 0.2) is 0 Å². The first-order valence-corrected chi connectivity index (χ1v) is 9.36. The van der Waals surface area contributed by atoms with Gasteiger partial charge in [-0.1, -0.05) is 0 Å². The monoisotopic (exact) mass is 347 g/mol. The summed E-state index contributed by atoms with van der Waals surface area (Å²) >= 11 is 0. The fourth-order valence-electron chi connectivity index (χ4n) is 2.85. The SMILES string of the molecule is C[C@H]1CN(c2ccc(NS(=O)(=O)c3cccnc3)cc2)C[C@H](C)O1. The Morgan fingerprint density at radius 3 is 2.38 bits per heavy atom. The van der Waals surface area contributed by atoms with Gasteiger partial charge in [0.1, 0.15) is 4.90 Å². The molecule has 0 saturated carbocycles. The van der Waals surface area contributed by atoms with E-state index in [2.05, 4.69) is 28.5 Å². The van der Waals surface area contributed by atoms with E-state index in [4.69, 9.17) is 4.74 Å². The van der Waals surface area contributed by atoms with Gasteiger partial charge in [0.25, 0.3) is 10.0 Å². The Morgan fingerprint density at radius 2 is 1.79 bits per heavy atom. The molecule has 0 amide bonds. The van der Waals surface area contributed by atoms with Crippen LogP contribution in [0.4, 0.5) is 11.4 Å². The Hall–Kier alpha value is -2.12. The van der Waals surface area contributed by atoms with E-state index < -0.39 is 10.0 Å². The van der Waals surface area contributed by atoms with E-state index in [9.17, 15) is 8.42 Å². The highest BCUT2D eigenvalue weighted by molar-refractivity contribution is 7.92. The maximum atomic E-state index is 12.3. The maximum Gasteiger partial charge on any atom is 0.263 e. The molecular formula is C17H21N3O3S. The van der Waals surface area contributed by atoms with Crippen LogP contribution in [0.3, 0.4) is 0 Å². The zero-order chi connectivity index (χ0) is 17.2. The van der Waals surface area contributed by atoms with Gasteiger partial charge in [-0.25, -0.2) is 8.42 Å². The predicted octanol–water partition coefficient (Wildman–Crippen LogP) is 2.50. The molecule has 0 aliphatic carbocycles. The highest BCUT2D eigenvalue weighted by atomic mass is 32.2. The van der Waals surface area contributed by atoms with Gasteiger partial charge >= 0.3 is 0 Å². The second kappa shape index (κ2) is 6.78. The number of sulfonamides is 1. The van der Waals surface area contributed by atoms with E-state index in [1.54, 1.807) is 18.2 Å². The Morgan fingerprint density at radius 1 is 1.12 bits per heavy atom. The molecular weight excluding hydrogens is 326 g/mol. The van der Waals surface area contributed by atoms with Crippen LogP contribution in [0.25, 0.3) is 0 Å². The summed E-state index contributed by atoms with van der Waals surface area (Å²) in [6.07, 6.45) is 3.22. The smallest absolute Gasteiger partial charge is 0.263 e. The van der Waals surface area contributed by atoms with Crippen molar-refractivity contribution in [1.29, 1.82) is 0 Å². The van der Waals surface area contributed by atoms with Crippen molar-refractivity contribution >= 4 is 21.4 Å². The van der Waals surface area contributed by atoms with Crippen LogP contribution in [-0.4, -0.2) is 38.7 Å². The lowest BCUT2D eigenvalue weighted by atomic mass is 10.2. The lowest BCUT2D eigenvalue weighted by Crippen LogP contribution is -2.45. The average Bonchev–Trinajstić information content (AvgIpc) is 2.55. The number of hydrogen-bond acceptors (Lipinski definition) is 5. The first-order chi connectivity index (χ1) is 11.4. The van der Waals surface area contributed by atoms with Crippen molar-refractivity contribution in [2.75, 3.05) is 22.7 Å². The molecule has 2 aromatic rings. The molecule has 0 spiro atoms. The summed E-state index contributed by atoms with van der Waals surface area (Å²) in [5.41, 5.74) is 1.58. The van der Waals surface area contributed by atoms with Crippen LogP contribution in [0.5, 0.6) is 0 Å². The molecule has 2 atom stereocenters. The van der Waals surface area contributed by atoms with Crippen molar-refractivity contribution in [3.63, 3.8) is 0 Å². The summed E-state index contributed by atoms with van der Waals surface area (Å²) in [6, 6.07) is 10.5. The third-order valence-electron chi connectivity index (χ3n) is 3.85. The summed E-state index contributed by atoms with van der Waals surface area (Å²) in [5.74, 6) is 0. The van der Waals surface area contributed by atoms with Crippen molar-refractivity contribution in [2.45, 2.75) is 31.0 Å². The number of anilines is 2. The number of benzene rings is 1. The molecule has 1 N–H and O–H groups in total. The van der Waals surface area contributed by atoms with E-state index in [1.807, 2.05) is 12.1 Å². The number of nitrogens with one attached hydrogen (secondary N) is 1. The van der Waals surface area contributed by atoms with Crippen molar-refractivity contribution in [1.82, 2.24) is 4.98 Å². The third kappa shape index (κ3) is 3.85. The lowest BCUT2D eigenvalue weighted by Gasteiger charge is -2.36. The molecule has 0 unspecified atom stereocenters. The summed E-state index contributed by atoms with van der Waals surface area (Å²) in [5, 5.41) is 0. The molecule has 2 heterocycles. The summed E-state index contributed by atoms with van der Waals surface area (Å²) < 4.78 is 32.9. The molecule has 3 rings (SSSR count). The molecule has 1 fully saturated rings. The first-order valence-electron chi connectivity index (χ1n) is 7.87.